The van der Waals surface area contributed by atoms with Gasteiger partial charge in [-0.1, -0.05) is 0 Å². The Balaban J connectivity index is 1.51. The van der Waals surface area contributed by atoms with E-state index in [1.165, 1.54) is 5.56 Å². The number of aryl methyl sites for hydroxylation is 2. The molecule has 20 heavy (non-hydrogen) atoms. The van der Waals surface area contributed by atoms with Crippen molar-refractivity contribution in [3.63, 3.8) is 0 Å². The van der Waals surface area contributed by atoms with Crippen LogP contribution in [0.3, 0.4) is 0 Å². The largest absolute Gasteiger partial charge is 0.356 e. The van der Waals surface area contributed by atoms with E-state index in [1.807, 2.05) is 6.92 Å². The van der Waals surface area contributed by atoms with Crippen molar-refractivity contribution in [1.29, 1.82) is 0 Å². The molecule has 2 aromatic heterocycles. The minimum absolute atomic E-state index is 0.0878. The van der Waals surface area contributed by atoms with Gasteiger partial charge in [0.1, 0.15) is 5.82 Å². The van der Waals surface area contributed by atoms with Gasteiger partial charge in [0.15, 0.2) is 0 Å². The van der Waals surface area contributed by atoms with E-state index in [0.717, 1.165) is 49.4 Å². The van der Waals surface area contributed by atoms with Crippen molar-refractivity contribution >= 4 is 17.2 Å². The van der Waals surface area contributed by atoms with Crippen LogP contribution in [-0.2, 0) is 24.1 Å². The molecule has 1 aliphatic rings. The van der Waals surface area contributed by atoms with Crippen molar-refractivity contribution < 1.29 is 4.79 Å². The summed E-state index contributed by atoms with van der Waals surface area (Å²) in [5.74, 6) is 1.22. The number of amides is 1. The topological polar surface area (TPSA) is 57.8 Å². The summed E-state index contributed by atoms with van der Waals surface area (Å²) in [6.07, 6.45) is 3.51. The molecule has 0 saturated heterocycles. The van der Waals surface area contributed by atoms with Crippen LogP contribution in [0.4, 0.5) is 0 Å². The number of aromatic amines is 1. The molecule has 2 aromatic rings. The molecule has 0 radical (unpaired) electrons. The summed E-state index contributed by atoms with van der Waals surface area (Å²) < 4.78 is 0. The van der Waals surface area contributed by atoms with Crippen LogP contribution in [0.5, 0.6) is 0 Å². The number of carbonyl (C=O) groups is 1. The van der Waals surface area contributed by atoms with E-state index < -0.39 is 0 Å². The predicted molar refractivity (Wildman–Crippen MR) is 79.9 cm³/mol. The van der Waals surface area contributed by atoms with E-state index in [9.17, 15) is 4.79 Å². The summed E-state index contributed by atoms with van der Waals surface area (Å²) >= 11 is 1.70. The van der Waals surface area contributed by atoms with Gasteiger partial charge in [0.05, 0.1) is 5.69 Å². The molecule has 5 heteroatoms. The van der Waals surface area contributed by atoms with Crippen LogP contribution >= 0.6 is 11.3 Å². The Morgan fingerprint density at radius 1 is 1.60 bits per heavy atom. The standard InChI is InChI=1S/C15H19N3OS/c1-10-17-13-3-2-12(8-14(13)18-10)15(19)16-6-4-11-5-7-20-9-11/h5,7,9,12H,2-4,6,8H2,1H3,(H,16,19)(H,17,18). The Kier molecular flexibility index (Phi) is 3.87. The van der Waals surface area contributed by atoms with Gasteiger partial charge in [-0.05, 0) is 48.6 Å². The summed E-state index contributed by atoms with van der Waals surface area (Å²) in [4.78, 5) is 19.9. The molecule has 2 heterocycles. The van der Waals surface area contributed by atoms with E-state index in [4.69, 9.17) is 0 Å². The first-order chi connectivity index (χ1) is 9.72. The first-order valence-electron chi connectivity index (χ1n) is 7.05. The van der Waals surface area contributed by atoms with Crippen molar-refractivity contribution in [1.82, 2.24) is 15.3 Å². The van der Waals surface area contributed by atoms with Crippen LogP contribution in [0.15, 0.2) is 16.8 Å². The van der Waals surface area contributed by atoms with E-state index in [2.05, 4.69) is 32.1 Å². The number of nitrogens with one attached hydrogen (secondary N) is 2. The van der Waals surface area contributed by atoms with Gasteiger partial charge in [-0.2, -0.15) is 11.3 Å². The van der Waals surface area contributed by atoms with Crippen molar-refractivity contribution in [2.24, 2.45) is 5.92 Å². The Labute approximate surface area is 122 Å². The van der Waals surface area contributed by atoms with Crippen molar-refractivity contribution in [2.75, 3.05) is 6.54 Å². The average molecular weight is 289 g/mol. The van der Waals surface area contributed by atoms with Crippen molar-refractivity contribution in [2.45, 2.75) is 32.6 Å². The van der Waals surface area contributed by atoms with E-state index in [-0.39, 0.29) is 11.8 Å². The number of rotatable bonds is 4. The van der Waals surface area contributed by atoms with Crippen LogP contribution in [0.2, 0.25) is 0 Å². The molecule has 1 atom stereocenters. The summed E-state index contributed by atoms with van der Waals surface area (Å²) in [7, 11) is 0. The lowest BCUT2D eigenvalue weighted by Gasteiger charge is -2.20. The third-order valence-corrected chi connectivity index (χ3v) is 4.56. The number of hydrogen-bond donors (Lipinski definition) is 2. The lowest BCUT2D eigenvalue weighted by Crippen LogP contribution is -2.35. The molecule has 0 spiro atoms. The number of aromatic nitrogens is 2. The molecule has 0 aromatic carbocycles. The molecule has 1 unspecified atom stereocenters. The van der Waals surface area contributed by atoms with Crippen LogP contribution in [0.1, 0.15) is 29.2 Å². The van der Waals surface area contributed by atoms with Gasteiger partial charge in [-0.25, -0.2) is 4.98 Å². The average Bonchev–Trinajstić information content (AvgIpc) is 3.05. The maximum Gasteiger partial charge on any atom is 0.223 e. The molecule has 0 saturated carbocycles. The maximum absolute atomic E-state index is 12.2. The highest BCUT2D eigenvalue weighted by molar-refractivity contribution is 7.07. The molecule has 1 aliphatic carbocycles. The molecule has 2 N–H and O–H groups in total. The quantitative estimate of drug-likeness (QED) is 0.907. The van der Waals surface area contributed by atoms with Crippen LogP contribution < -0.4 is 5.32 Å². The zero-order chi connectivity index (χ0) is 13.9. The number of nitrogens with zero attached hydrogens (tertiary/aromatic N) is 1. The molecular formula is C15H19N3OS. The fourth-order valence-corrected chi connectivity index (χ4v) is 3.46. The number of H-pyrrole nitrogens is 1. The van der Waals surface area contributed by atoms with Crippen molar-refractivity contribution in [3.8, 4) is 0 Å². The van der Waals surface area contributed by atoms with Gasteiger partial charge in [0.25, 0.3) is 0 Å². The maximum atomic E-state index is 12.2. The molecule has 0 aliphatic heterocycles. The number of thiophene rings is 1. The van der Waals surface area contributed by atoms with Gasteiger partial charge in [-0.3, -0.25) is 4.79 Å². The zero-order valence-corrected chi connectivity index (χ0v) is 12.4. The Bertz CT molecular complexity index is 588. The number of hydrogen-bond acceptors (Lipinski definition) is 3. The molecule has 106 valence electrons. The highest BCUT2D eigenvalue weighted by Crippen LogP contribution is 2.23. The third-order valence-electron chi connectivity index (χ3n) is 3.83. The first-order valence-corrected chi connectivity index (χ1v) is 8.00. The number of fused-ring (bicyclic) bond motifs is 1. The molecule has 1 amide bonds. The fraction of sp³-hybridized carbons (Fsp3) is 0.467. The van der Waals surface area contributed by atoms with Crippen LogP contribution in [0, 0.1) is 12.8 Å². The summed E-state index contributed by atoms with van der Waals surface area (Å²) in [5.41, 5.74) is 3.59. The normalized spacial score (nSPS) is 17.8. The summed E-state index contributed by atoms with van der Waals surface area (Å²) in [6, 6.07) is 2.11. The van der Waals surface area contributed by atoms with E-state index in [0.29, 0.717) is 0 Å². The third kappa shape index (κ3) is 2.93. The lowest BCUT2D eigenvalue weighted by molar-refractivity contribution is -0.125. The van der Waals surface area contributed by atoms with Crippen LogP contribution in [0.25, 0.3) is 0 Å². The molecule has 0 bridgehead atoms. The molecular weight excluding hydrogens is 270 g/mol. The van der Waals surface area contributed by atoms with Gasteiger partial charge >= 0.3 is 0 Å². The zero-order valence-electron chi connectivity index (χ0n) is 11.6. The van der Waals surface area contributed by atoms with E-state index >= 15 is 0 Å². The summed E-state index contributed by atoms with van der Waals surface area (Å²) in [6.45, 7) is 2.69. The number of carbonyl (C=O) groups excluding carboxylic acids is 1. The predicted octanol–water partition coefficient (Wildman–Crippen LogP) is 2.24. The molecule has 4 nitrogen and oxygen atoms in total. The fourth-order valence-electron chi connectivity index (χ4n) is 2.76. The second-order valence-corrected chi connectivity index (χ2v) is 6.14. The van der Waals surface area contributed by atoms with Gasteiger partial charge in [0, 0.05) is 24.6 Å². The Morgan fingerprint density at radius 2 is 2.50 bits per heavy atom. The van der Waals surface area contributed by atoms with Gasteiger partial charge in [-0.15, -0.1) is 0 Å². The van der Waals surface area contributed by atoms with Gasteiger partial charge < -0.3 is 10.3 Å². The second-order valence-electron chi connectivity index (χ2n) is 5.36. The summed E-state index contributed by atoms with van der Waals surface area (Å²) in [5, 5.41) is 7.26. The second kappa shape index (κ2) is 5.79. The van der Waals surface area contributed by atoms with Crippen LogP contribution in [-0.4, -0.2) is 22.4 Å². The molecule has 0 fully saturated rings. The minimum Gasteiger partial charge on any atom is -0.356 e. The molecule has 3 rings (SSSR count). The SMILES string of the molecule is Cc1nc2c([nH]1)CC(C(=O)NCCc1ccsc1)CC2. The van der Waals surface area contributed by atoms with E-state index in [1.54, 1.807) is 11.3 Å². The Hall–Kier alpha value is -1.62. The van der Waals surface area contributed by atoms with Crippen molar-refractivity contribution in [3.05, 3.63) is 39.6 Å². The number of imidazole rings is 1. The lowest BCUT2D eigenvalue weighted by atomic mass is 9.89. The minimum atomic E-state index is 0.0878. The smallest absolute Gasteiger partial charge is 0.223 e. The highest BCUT2D eigenvalue weighted by atomic mass is 32.1. The van der Waals surface area contributed by atoms with Gasteiger partial charge in [0.2, 0.25) is 5.91 Å². The highest BCUT2D eigenvalue weighted by Gasteiger charge is 2.26. The Morgan fingerprint density at radius 3 is 3.30 bits per heavy atom. The monoisotopic (exact) mass is 289 g/mol. The first kappa shape index (κ1) is 13.4.